The van der Waals surface area contributed by atoms with Crippen LogP contribution in [0.2, 0.25) is 0 Å². The number of esters is 2. The summed E-state index contributed by atoms with van der Waals surface area (Å²) < 4.78 is 15.3. The summed E-state index contributed by atoms with van der Waals surface area (Å²) in [5.41, 5.74) is 1.89. The van der Waals surface area contributed by atoms with Crippen LogP contribution < -0.4 is 9.47 Å². The summed E-state index contributed by atoms with van der Waals surface area (Å²) in [6.07, 6.45) is 1.53. The molecule has 1 aliphatic rings. The lowest BCUT2D eigenvalue weighted by molar-refractivity contribution is 0.0397. The fourth-order valence-electron chi connectivity index (χ4n) is 2.29. The van der Waals surface area contributed by atoms with Gasteiger partial charge < -0.3 is 19.2 Å². The fourth-order valence-corrected chi connectivity index (χ4v) is 2.29. The van der Waals surface area contributed by atoms with E-state index in [0.717, 1.165) is 5.52 Å². The van der Waals surface area contributed by atoms with E-state index >= 15 is 0 Å². The molecule has 4 rings (SSSR count). The summed E-state index contributed by atoms with van der Waals surface area (Å²) in [6.45, 7) is 0.108. The zero-order valence-corrected chi connectivity index (χ0v) is 11.7. The molecule has 0 atom stereocenters. The zero-order chi connectivity index (χ0) is 15.8. The highest BCUT2D eigenvalue weighted by molar-refractivity contribution is 6.04. The highest BCUT2D eigenvalue weighted by Crippen LogP contribution is 2.32. The molecule has 0 fully saturated rings. The van der Waals surface area contributed by atoms with Crippen molar-refractivity contribution in [1.82, 2.24) is 9.97 Å². The van der Waals surface area contributed by atoms with Gasteiger partial charge in [0.1, 0.15) is 0 Å². The van der Waals surface area contributed by atoms with E-state index in [4.69, 9.17) is 14.2 Å². The highest BCUT2D eigenvalue weighted by atomic mass is 16.7. The van der Waals surface area contributed by atoms with E-state index in [1.165, 1.54) is 18.5 Å². The van der Waals surface area contributed by atoms with Crippen LogP contribution in [-0.2, 0) is 4.74 Å². The number of ether oxygens (including phenoxy) is 3. The van der Waals surface area contributed by atoms with Crippen molar-refractivity contribution in [2.45, 2.75) is 0 Å². The average Bonchev–Trinajstić information content (AvgIpc) is 3.21. The van der Waals surface area contributed by atoms with Gasteiger partial charge in [-0.2, -0.15) is 0 Å². The molecule has 0 amide bonds. The molecule has 2 heterocycles. The number of rotatable bonds is 2. The van der Waals surface area contributed by atoms with Gasteiger partial charge in [-0.05, 0) is 36.4 Å². The van der Waals surface area contributed by atoms with E-state index in [9.17, 15) is 9.59 Å². The van der Waals surface area contributed by atoms with Crippen LogP contribution >= 0.6 is 0 Å². The molecule has 0 radical (unpaired) electrons. The van der Waals surface area contributed by atoms with Gasteiger partial charge in [0.25, 0.3) is 0 Å². The molecule has 7 nitrogen and oxygen atoms in total. The lowest BCUT2D eigenvalue weighted by Gasteiger charge is -2.04. The van der Waals surface area contributed by atoms with Crippen molar-refractivity contribution < 1.29 is 23.8 Å². The Kier molecular flexibility index (Phi) is 2.97. The number of carbonyl (C=O) groups is 2. The Labute approximate surface area is 129 Å². The molecule has 23 heavy (non-hydrogen) atoms. The Morgan fingerprint density at radius 1 is 1.00 bits per heavy atom. The van der Waals surface area contributed by atoms with Crippen molar-refractivity contribution in [3.63, 3.8) is 0 Å². The summed E-state index contributed by atoms with van der Waals surface area (Å²) in [7, 11) is 0. The van der Waals surface area contributed by atoms with Crippen LogP contribution in [0, 0.1) is 0 Å². The number of benzene rings is 2. The highest BCUT2D eigenvalue weighted by Gasteiger charge is 2.20. The first kappa shape index (κ1) is 13.3. The molecule has 0 unspecified atom stereocenters. The van der Waals surface area contributed by atoms with E-state index in [-0.39, 0.29) is 17.9 Å². The van der Waals surface area contributed by atoms with Gasteiger partial charge in [-0.3, -0.25) is 0 Å². The molecule has 3 aromatic rings. The van der Waals surface area contributed by atoms with Crippen molar-refractivity contribution in [2.75, 3.05) is 6.79 Å². The Bertz CT molecular complexity index is 931. The van der Waals surface area contributed by atoms with Crippen molar-refractivity contribution >= 4 is 23.0 Å². The first-order valence-electron chi connectivity index (χ1n) is 6.80. The van der Waals surface area contributed by atoms with Gasteiger partial charge in [0.15, 0.2) is 11.5 Å². The van der Waals surface area contributed by atoms with Gasteiger partial charge in [0.2, 0.25) is 6.79 Å². The van der Waals surface area contributed by atoms with Gasteiger partial charge in [0.05, 0.1) is 28.5 Å². The second-order valence-corrected chi connectivity index (χ2v) is 4.88. The quantitative estimate of drug-likeness (QED) is 0.577. The standard InChI is InChI=1S/C16H10N2O5/c19-15(9-1-3-11-12(5-9)18-7-17-11)23-16(20)10-2-4-13-14(6-10)22-8-21-13/h1-7H,8H2,(H,17,18). The van der Waals surface area contributed by atoms with Gasteiger partial charge in [0, 0.05) is 0 Å². The Hall–Kier alpha value is -3.35. The van der Waals surface area contributed by atoms with E-state index in [2.05, 4.69) is 9.97 Å². The topological polar surface area (TPSA) is 90.5 Å². The molecule has 1 aromatic heterocycles. The summed E-state index contributed by atoms with van der Waals surface area (Å²) in [5.74, 6) is -0.481. The minimum absolute atomic E-state index is 0.108. The number of hydrogen-bond donors (Lipinski definition) is 1. The second kappa shape index (κ2) is 5.13. The van der Waals surface area contributed by atoms with Gasteiger partial charge in [-0.1, -0.05) is 0 Å². The van der Waals surface area contributed by atoms with Crippen molar-refractivity contribution in [2.24, 2.45) is 0 Å². The SMILES string of the molecule is O=C(OC(=O)c1ccc2nc[nH]c2c1)c1ccc2c(c1)OCO2. The average molecular weight is 310 g/mol. The number of fused-ring (bicyclic) bond motifs is 2. The molecule has 0 saturated carbocycles. The number of nitrogens with zero attached hydrogens (tertiary/aromatic N) is 1. The molecule has 114 valence electrons. The Balaban J connectivity index is 1.54. The predicted molar refractivity (Wildman–Crippen MR) is 78.4 cm³/mol. The number of aromatic nitrogens is 2. The largest absolute Gasteiger partial charge is 0.454 e. The molecule has 0 spiro atoms. The van der Waals surface area contributed by atoms with Crippen LogP contribution in [0.25, 0.3) is 11.0 Å². The third-order valence-corrected chi connectivity index (χ3v) is 3.45. The molecule has 2 aromatic carbocycles. The lowest BCUT2D eigenvalue weighted by atomic mass is 10.2. The van der Waals surface area contributed by atoms with Crippen molar-refractivity contribution in [3.05, 3.63) is 53.9 Å². The number of hydrogen-bond acceptors (Lipinski definition) is 6. The zero-order valence-electron chi connectivity index (χ0n) is 11.7. The van der Waals surface area contributed by atoms with E-state index in [1.54, 1.807) is 24.3 Å². The molecule has 0 aliphatic carbocycles. The van der Waals surface area contributed by atoms with Crippen LogP contribution in [0.5, 0.6) is 11.5 Å². The molecule has 0 saturated heterocycles. The molecule has 1 aliphatic heterocycles. The Morgan fingerprint density at radius 2 is 1.74 bits per heavy atom. The van der Waals surface area contributed by atoms with Crippen LogP contribution in [0.4, 0.5) is 0 Å². The summed E-state index contributed by atoms with van der Waals surface area (Å²) in [4.78, 5) is 31.1. The maximum atomic E-state index is 12.1. The lowest BCUT2D eigenvalue weighted by Crippen LogP contribution is -2.12. The number of imidazole rings is 1. The van der Waals surface area contributed by atoms with Crippen molar-refractivity contribution in [3.8, 4) is 11.5 Å². The number of aromatic amines is 1. The molecule has 0 bridgehead atoms. The number of H-pyrrole nitrogens is 1. The monoisotopic (exact) mass is 310 g/mol. The van der Waals surface area contributed by atoms with Gasteiger partial charge in [-0.15, -0.1) is 0 Å². The van der Waals surface area contributed by atoms with Gasteiger partial charge in [-0.25, -0.2) is 14.6 Å². The first-order chi connectivity index (χ1) is 11.2. The van der Waals surface area contributed by atoms with E-state index in [1.807, 2.05) is 0 Å². The van der Waals surface area contributed by atoms with Crippen molar-refractivity contribution in [1.29, 1.82) is 0 Å². The molecular formula is C16H10N2O5. The number of nitrogens with one attached hydrogen (secondary N) is 1. The Morgan fingerprint density at radius 3 is 2.61 bits per heavy atom. The van der Waals surface area contributed by atoms with E-state index < -0.39 is 11.9 Å². The van der Waals surface area contributed by atoms with Crippen LogP contribution in [0.15, 0.2) is 42.7 Å². The maximum absolute atomic E-state index is 12.1. The molecular weight excluding hydrogens is 300 g/mol. The third-order valence-electron chi connectivity index (χ3n) is 3.45. The van der Waals surface area contributed by atoms with Crippen LogP contribution in [-0.4, -0.2) is 28.7 Å². The third kappa shape index (κ3) is 2.38. The minimum atomic E-state index is -0.752. The van der Waals surface area contributed by atoms with Crippen LogP contribution in [0.1, 0.15) is 20.7 Å². The number of carbonyl (C=O) groups excluding carboxylic acids is 2. The summed E-state index contributed by atoms with van der Waals surface area (Å²) >= 11 is 0. The normalized spacial score (nSPS) is 12.3. The first-order valence-corrected chi connectivity index (χ1v) is 6.80. The summed E-state index contributed by atoms with van der Waals surface area (Å²) in [6, 6.07) is 9.40. The molecule has 1 N–H and O–H groups in total. The second-order valence-electron chi connectivity index (χ2n) is 4.88. The predicted octanol–water partition coefficient (Wildman–Crippen LogP) is 2.29. The van der Waals surface area contributed by atoms with Gasteiger partial charge >= 0.3 is 11.9 Å². The smallest absolute Gasteiger partial charge is 0.346 e. The minimum Gasteiger partial charge on any atom is -0.454 e. The maximum Gasteiger partial charge on any atom is 0.346 e. The fraction of sp³-hybridized carbons (Fsp3) is 0.0625. The van der Waals surface area contributed by atoms with Crippen LogP contribution in [0.3, 0.4) is 0 Å². The molecule has 7 heteroatoms. The summed E-state index contributed by atoms with van der Waals surface area (Å²) in [5, 5.41) is 0. The van der Waals surface area contributed by atoms with E-state index in [0.29, 0.717) is 17.0 Å².